The normalized spacial score (nSPS) is 24.2. The number of allylic oxidation sites excluding steroid dienone is 1. The molecule has 3 aliphatic rings. The predicted octanol–water partition coefficient (Wildman–Crippen LogP) is 3.53. The van der Waals surface area contributed by atoms with Crippen molar-refractivity contribution in [1.29, 1.82) is 0 Å². The third-order valence-electron chi connectivity index (χ3n) is 6.89. The van der Waals surface area contributed by atoms with E-state index in [-0.39, 0.29) is 29.7 Å². The molecule has 176 valence electrons. The maximum Gasteiger partial charge on any atom is 0.273 e. The summed E-state index contributed by atoms with van der Waals surface area (Å²) in [6.07, 6.45) is 3.51. The van der Waals surface area contributed by atoms with Gasteiger partial charge in [-0.1, -0.05) is 32.1 Å². The average Bonchev–Trinajstić information content (AvgIpc) is 3.02. The molecule has 2 amide bonds. The van der Waals surface area contributed by atoms with Gasteiger partial charge in [0.25, 0.3) is 5.91 Å². The van der Waals surface area contributed by atoms with Crippen molar-refractivity contribution in [3.8, 4) is 0 Å². The van der Waals surface area contributed by atoms with Gasteiger partial charge in [-0.05, 0) is 62.5 Å². The van der Waals surface area contributed by atoms with Gasteiger partial charge < -0.3 is 15.1 Å². The maximum absolute atomic E-state index is 14.4. The Hall–Kier alpha value is -2.96. The highest BCUT2D eigenvalue weighted by Crippen LogP contribution is 2.43. The molecule has 6 nitrogen and oxygen atoms in total. The van der Waals surface area contributed by atoms with Gasteiger partial charge in [0.1, 0.15) is 23.2 Å². The number of halogens is 1. The molecule has 1 N–H and O–H groups in total. The Labute approximate surface area is 195 Å². The Balaban J connectivity index is 1.70. The van der Waals surface area contributed by atoms with Gasteiger partial charge in [-0.3, -0.25) is 14.6 Å². The number of amides is 2. The Bertz CT molecular complexity index is 1090. The van der Waals surface area contributed by atoms with E-state index in [1.165, 1.54) is 0 Å². The van der Waals surface area contributed by atoms with E-state index in [2.05, 4.69) is 31.0 Å². The van der Waals surface area contributed by atoms with Gasteiger partial charge in [-0.2, -0.15) is 0 Å². The van der Waals surface area contributed by atoms with Crippen LogP contribution in [0.3, 0.4) is 0 Å². The number of piperazine rings is 1. The van der Waals surface area contributed by atoms with Gasteiger partial charge in [0.2, 0.25) is 5.91 Å². The molecule has 3 aliphatic heterocycles. The Morgan fingerprint density at radius 3 is 2.70 bits per heavy atom. The molecule has 7 heteroatoms. The molecule has 0 radical (unpaired) electrons. The number of nitrogens with one attached hydrogen (secondary N) is 1. The van der Waals surface area contributed by atoms with Crippen molar-refractivity contribution in [3.05, 3.63) is 53.0 Å². The number of hydrogen-bond acceptors (Lipinski definition) is 4. The Morgan fingerprint density at radius 2 is 2.03 bits per heavy atom. The first-order chi connectivity index (χ1) is 15.5. The van der Waals surface area contributed by atoms with E-state index in [0.29, 0.717) is 30.3 Å². The third-order valence-corrected chi connectivity index (χ3v) is 6.89. The number of rotatable bonds is 4. The lowest BCUT2D eigenvalue weighted by Crippen LogP contribution is -2.64. The smallest absolute Gasteiger partial charge is 0.273 e. The Morgan fingerprint density at radius 1 is 1.30 bits per heavy atom. The van der Waals surface area contributed by atoms with Gasteiger partial charge in [0, 0.05) is 31.2 Å². The summed E-state index contributed by atoms with van der Waals surface area (Å²) in [6.45, 7) is 13.3. The summed E-state index contributed by atoms with van der Waals surface area (Å²) in [5.41, 5.74) is 2.99. The number of dihydropyridines is 1. The highest BCUT2D eigenvalue weighted by Gasteiger charge is 2.44. The minimum absolute atomic E-state index is 0.0694. The van der Waals surface area contributed by atoms with Crippen LogP contribution in [0.15, 0.2) is 41.0 Å². The number of fused-ring (bicyclic) bond motifs is 1. The zero-order valence-corrected chi connectivity index (χ0v) is 20.3. The summed E-state index contributed by atoms with van der Waals surface area (Å²) < 4.78 is 14.4. The molecule has 0 bridgehead atoms. The number of carbonyl (C=O) groups is 2. The van der Waals surface area contributed by atoms with E-state index in [9.17, 15) is 14.0 Å². The van der Waals surface area contributed by atoms with Crippen molar-refractivity contribution >= 4 is 23.1 Å². The number of benzene rings is 1. The molecule has 1 aromatic carbocycles. The second-order valence-electron chi connectivity index (χ2n) is 10.1. The molecular formula is C26H33FN4O2. The van der Waals surface area contributed by atoms with Crippen LogP contribution >= 0.6 is 0 Å². The minimum atomic E-state index is -0.936. The number of aryl methyl sites for hydroxylation is 1. The second-order valence-corrected chi connectivity index (χ2v) is 10.1. The van der Waals surface area contributed by atoms with Gasteiger partial charge >= 0.3 is 0 Å². The zero-order chi connectivity index (χ0) is 24.1. The number of carbonyl (C=O) groups excluding carboxylic acids is 2. The van der Waals surface area contributed by atoms with Crippen LogP contribution in [0.2, 0.25) is 0 Å². The van der Waals surface area contributed by atoms with Crippen molar-refractivity contribution in [2.24, 2.45) is 16.8 Å². The number of nitrogens with zero attached hydrogens (tertiary/aromatic N) is 3. The maximum atomic E-state index is 14.4. The van der Waals surface area contributed by atoms with Gasteiger partial charge in [0.05, 0.1) is 0 Å². The third kappa shape index (κ3) is 3.98. The van der Waals surface area contributed by atoms with Crippen LogP contribution in [-0.2, 0) is 9.59 Å². The zero-order valence-electron chi connectivity index (χ0n) is 20.3. The van der Waals surface area contributed by atoms with Gasteiger partial charge in [-0.15, -0.1) is 0 Å². The second kappa shape index (κ2) is 8.43. The Kier molecular flexibility index (Phi) is 5.93. The molecule has 33 heavy (non-hydrogen) atoms. The molecule has 1 aromatic rings. The lowest BCUT2D eigenvalue weighted by Gasteiger charge is -2.41. The first-order valence-corrected chi connectivity index (χ1v) is 11.6. The summed E-state index contributed by atoms with van der Waals surface area (Å²) in [6, 6.07) is 5.36. The fourth-order valence-corrected chi connectivity index (χ4v) is 4.98. The van der Waals surface area contributed by atoms with Crippen molar-refractivity contribution in [3.63, 3.8) is 0 Å². The monoisotopic (exact) mass is 452 g/mol. The largest absolute Gasteiger partial charge is 0.352 e. The predicted molar refractivity (Wildman–Crippen MR) is 128 cm³/mol. The standard InChI is InChI=1S/C26H33FN4O2/c1-15(2)14-30-17(4)22(18-8-7-16(3)20(27)13-18)19-9-10-21(29-23(19)30)24(32)31-12-11-28-25(33)26(31,5)6/h7-10,13,15,19,23H,11-12,14H2,1-6H3,(H,28,33). The number of hydrogen-bond donors (Lipinski definition) is 1. The van der Waals surface area contributed by atoms with Gasteiger partial charge in [0.15, 0.2) is 0 Å². The number of aliphatic imine (C=N–C) groups is 1. The molecule has 4 rings (SSSR count). The quantitative estimate of drug-likeness (QED) is 0.760. The van der Waals surface area contributed by atoms with Crippen LogP contribution in [0.5, 0.6) is 0 Å². The SMILES string of the molecule is CC1=C(c2ccc(C)c(F)c2)C2C=CC(C(=O)N3CCNC(=O)C3(C)C)=NC2N1CC(C)C. The molecule has 0 aromatic heterocycles. The summed E-state index contributed by atoms with van der Waals surface area (Å²) in [4.78, 5) is 34.5. The molecule has 1 fully saturated rings. The van der Waals surface area contributed by atoms with E-state index in [4.69, 9.17) is 4.99 Å². The van der Waals surface area contributed by atoms with E-state index < -0.39 is 5.54 Å². The first-order valence-electron chi connectivity index (χ1n) is 11.6. The molecule has 0 saturated carbocycles. The molecule has 1 saturated heterocycles. The van der Waals surface area contributed by atoms with Crippen molar-refractivity contribution < 1.29 is 14.0 Å². The highest BCUT2D eigenvalue weighted by atomic mass is 19.1. The first kappa shape index (κ1) is 23.2. The molecule has 0 spiro atoms. The van der Waals surface area contributed by atoms with Crippen LogP contribution < -0.4 is 5.32 Å². The lowest BCUT2D eigenvalue weighted by atomic mass is 9.89. The van der Waals surface area contributed by atoms with Crippen LogP contribution in [0, 0.1) is 24.6 Å². The van der Waals surface area contributed by atoms with Crippen LogP contribution in [0.25, 0.3) is 5.57 Å². The average molecular weight is 453 g/mol. The summed E-state index contributed by atoms with van der Waals surface area (Å²) in [5.74, 6) is -0.304. The lowest BCUT2D eigenvalue weighted by molar-refractivity contribution is -0.144. The molecule has 3 heterocycles. The summed E-state index contributed by atoms with van der Waals surface area (Å²) >= 11 is 0. The molecule has 2 atom stereocenters. The van der Waals surface area contributed by atoms with E-state index in [0.717, 1.165) is 23.4 Å². The molecule has 2 unspecified atom stereocenters. The minimum Gasteiger partial charge on any atom is -0.352 e. The fraction of sp³-hybridized carbons (Fsp3) is 0.500. The van der Waals surface area contributed by atoms with Crippen molar-refractivity contribution in [2.75, 3.05) is 19.6 Å². The van der Waals surface area contributed by atoms with Crippen LogP contribution in [0.4, 0.5) is 4.39 Å². The summed E-state index contributed by atoms with van der Waals surface area (Å²) in [5, 5.41) is 2.83. The fourth-order valence-electron chi connectivity index (χ4n) is 4.98. The molecule has 0 aliphatic carbocycles. The van der Waals surface area contributed by atoms with Gasteiger partial charge in [-0.25, -0.2) is 4.39 Å². The summed E-state index contributed by atoms with van der Waals surface area (Å²) in [7, 11) is 0. The van der Waals surface area contributed by atoms with Crippen LogP contribution in [-0.4, -0.2) is 58.7 Å². The van der Waals surface area contributed by atoms with Crippen molar-refractivity contribution in [1.82, 2.24) is 15.1 Å². The van der Waals surface area contributed by atoms with E-state index >= 15 is 0 Å². The molecular weight excluding hydrogens is 419 g/mol. The topological polar surface area (TPSA) is 65.0 Å². The van der Waals surface area contributed by atoms with Crippen molar-refractivity contribution in [2.45, 2.75) is 53.2 Å². The van der Waals surface area contributed by atoms with E-state index in [1.807, 2.05) is 12.1 Å². The highest BCUT2D eigenvalue weighted by molar-refractivity contribution is 6.44. The van der Waals surface area contributed by atoms with E-state index in [1.54, 1.807) is 43.9 Å². The van der Waals surface area contributed by atoms with Crippen LogP contribution in [0.1, 0.15) is 45.7 Å².